The van der Waals surface area contributed by atoms with E-state index in [1.54, 1.807) is 24.3 Å². The number of nitrogens with one attached hydrogen (secondary N) is 1. The smallest absolute Gasteiger partial charge is 0.243 e. The highest BCUT2D eigenvalue weighted by atomic mass is 35.5. The van der Waals surface area contributed by atoms with Crippen molar-refractivity contribution in [3.8, 4) is 0 Å². The number of nitrogens with zero attached hydrogens (tertiary/aromatic N) is 1. The van der Waals surface area contributed by atoms with Crippen LogP contribution in [0.25, 0.3) is 0 Å². The molecule has 0 radical (unpaired) electrons. The molecule has 1 fully saturated rings. The fourth-order valence-corrected chi connectivity index (χ4v) is 3.67. The molecule has 1 aliphatic rings. The van der Waals surface area contributed by atoms with Crippen molar-refractivity contribution < 1.29 is 13.2 Å². The topological polar surface area (TPSA) is 92.5 Å². The first kappa shape index (κ1) is 19.9. The zero-order valence-corrected chi connectivity index (χ0v) is 15.0. The second kappa shape index (κ2) is 7.61. The van der Waals surface area contributed by atoms with Gasteiger partial charge in [-0.25, -0.2) is 8.42 Å². The Hall–Kier alpha value is -1.15. The second-order valence-corrected chi connectivity index (χ2v) is 7.51. The zero-order valence-electron chi connectivity index (χ0n) is 13.4. The molecule has 1 aliphatic carbocycles. The highest BCUT2D eigenvalue weighted by Gasteiger charge is 2.45. The van der Waals surface area contributed by atoms with Gasteiger partial charge in [0.25, 0.3) is 0 Å². The predicted molar refractivity (Wildman–Crippen MR) is 91.8 cm³/mol. The lowest BCUT2D eigenvalue weighted by atomic mass is 10.2. The van der Waals surface area contributed by atoms with Gasteiger partial charge in [-0.15, -0.1) is 12.4 Å². The molecule has 0 aromatic heterocycles. The summed E-state index contributed by atoms with van der Waals surface area (Å²) in [5, 5.41) is 2.78. The van der Waals surface area contributed by atoms with Crippen LogP contribution in [0.4, 0.5) is 0 Å². The summed E-state index contributed by atoms with van der Waals surface area (Å²) in [6.45, 7) is 4.85. The van der Waals surface area contributed by atoms with Gasteiger partial charge in [0.2, 0.25) is 15.9 Å². The molecule has 1 aromatic carbocycles. The van der Waals surface area contributed by atoms with Gasteiger partial charge in [0.15, 0.2) is 0 Å². The number of sulfonamides is 1. The van der Waals surface area contributed by atoms with E-state index < -0.39 is 15.6 Å². The summed E-state index contributed by atoms with van der Waals surface area (Å²) < 4.78 is 26.1. The van der Waals surface area contributed by atoms with E-state index in [0.29, 0.717) is 19.6 Å². The Bertz CT molecular complexity index is 638. The number of halogens is 1. The summed E-state index contributed by atoms with van der Waals surface area (Å²) in [5.41, 5.74) is 5.96. The third-order valence-corrected chi connectivity index (χ3v) is 6.02. The van der Waals surface area contributed by atoms with Crippen LogP contribution in [0.1, 0.15) is 32.3 Å². The van der Waals surface area contributed by atoms with E-state index in [2.05, 4.69) is 5.32 Å². The van der Waals surface area contributed by atoms with Crippen LogP contribution in [-0.4, -0.2) is 37.3 Å². The Labute approximate surface area is 143 Å². The third kappa shape index (κ3) is 4.44. The molecule has 3 N–H and O–H groups in total. The molecule has 2 rings (SSSR count). The maximum Gasteiger partial charge on any atom is 0.243 e. The molecule has 0 unspecified atom stereocenters. The van der Waals surface area contributed by atoms with Gasteiger partial charge in [-0.2, -0.15) is 4.31 Å². The fourth-order valence-electron chi connectivity index (χ4n) is 2.21. The number of hydrogen-bond donors (Lipinski definition) is 2. The average molecular weight is 362 g/mol. The Kier molecular flexibility index (Phi) is 6.59. The lowest BCUT2D eigenvalue weighted by molar-refractivity contribution is -0.123. The predicted octanol–water partition coefficient (Wildman–Crippen LogP) is 1.25. The first-order valence-electron chi connectivity index (χ1n) is 7.50. The van der Waals surface area contributed by atoms with Crippen LogP contribution < -0.4 is 11.1 Å². The van der Waals surface area contributed by atoms with E-state index >= 15 is 0 Å². The van der Waals surface area contributed by atoms with Gasteiger partial charge in [0.05, 0.1) is 10.4 Å². The Balaban J connectivity index is 0.00000264. The largest absolute Gasteiger partial charge is 0.350 e. The van der Waals surface area contributed by atoms with Crippen molar-refractivity contribution in [3.63, 3.8) is 0 Å². The molecule has 0 atom stereocenters. The average Bonchev–Trinajstić information content (AvgIpc) is 3.25. The summed E-state index contributed by atoms with van der Waals surface area (Å²) >= 11 is 0. The zero-order chi connectivity index (χ0) is 16.4. The van der Waals surface area contributed by atoms with E-state index in [1.807, 2.05) is 13.8 Å². The Morgan fingerprint density at radius 2 is 1.74 bits per heavy atom. The van der Waals surface area contributed by atoms with Gasteiger partial charge in [-0.3, -0.25) is 4.79 Å². The standard InChI is InChI=1S/C15H23N3O3S.ClH/c1-3-18(4-2)22(20,21)13-7-5-12(6-8-13)11-17-14(19)15(16)9-10-15;/h5-8H,3-4,9-11,16H2,1-2H3,(H,17,19);1H. The number of carbonyl (C=O) groups is 1. The lowest BCUT2D eigenvalue weighted by Gasteiger charge is -2.18. The molecule has 0 heterocycles. The Morgan fingerprint density at radius 1 is 1.22 bits per heavy atom. The number of amides is 1. The van der Waals surface area contributed by atoms with Crippen molar-refractivity contribution in [2.24, 2.45) is 5.73 Å². The molecule has 23 heavy (non-hydrogen) atoms. The van der Waals surface area contributed by atoms with Crippen molar-refractivity contribution in [1.29, 1.82) is 0 Å². The van der Waals surface area contributed by atoms with E-state index in [1.165, 1.54) is 4.31 Å². The van der Waals surface area contributed by atoms with Crippen LogP contribution in [0.5, 0.6) is 0 Å². The SMILES string of the molecule is CCN(CC)S(=O)(=O)c1ccc(CNC(=O)C2(N)CC2)cc1.Cl. The second-order valence-electron chi connectivity index (χ2n) is 5.57. The number of hydrogen-bond acceptors (Lipinski definition) is 4. The maximum atomic E-state index is 12.4. The number of carbonyl (C=O) groups excluding carboxylic acids is 1. The molecule has 130 valence electrons. The van der Waals surface area contributed by atoms with Crippen molar-refractivity contribution in [3.05, 3.63) is 29.8 Å². The molecule has 8 heteroatoms. The summed E-state index contributed by atoms with van der Waals surface area (Å²) in [6.07, 6.45) is 1.44. The van der Waals surface area contributed by atoms with Crippen LogP contribution in [0.15, 0.2) is 29.2 Å². The molecule has 1 aromatic rings. The molecular formula is C15H24ClN3O3S. The van der Waals surface area contributed by atoms with E-state index in [-0.39, 0.29) is 23.2 Å². The van der Waals surface area contributed by atoms with Crippen LogP contribution >= 0.6 is 12.4 Å². The Morgan fingerprint density at radius 3 is 2.17 bits per heavy atom. The van der Waals surface area contributed by atoms with Gasteiger partial charge in [-0.05, 0) is 30.5 Å². The molecule has 0 aliphatic heterocycles. The first-order chi connectivity index (χ1) is 10.3. The maximum absolute atomic E-state index is 12.4. The summed E-state index contributed by atoms with van der Waals surface area (Å²) in [5.74, 6) is -0.146. The van der Waals surface area contributed by atoms with Crippen LogP contribution in [0.2, 0.25) is 0 Å². The first-order valence-corrected chi connectivity index (χ1v) is 8.94. The van der Waals surface area contributed by atoms with Gasteiger partial charge in [0.1, 0.15) is 0 Å². The highest BCUT2D eigenvalue weighted by molar-refractivity contribution is 7.89. The minimum atomic E-state index is -3.44. The third-order valence-electron chi connectivity index (χ3n) is 3.96. The lowest BCUT2D eigenvalue weighted by Crippen LogP contribution is -2.42. The van der Waals surface area contributed by atoms with E-state index in [0.717, 1.165) is 18.4 Å². The summed E-state index contributed by atoms with van der Waals surface area (Å²) in [7, 11) is -3.44. The summed E-state index contributed by atoms with van der Waals surface area (Å²) in [4.78, 5) is 12.0. The normalized spacial score (nSPS) is 15.8. The van der Waals surface area contributed by atoms with Gasteiger partial charge < -0.3 is 11.1 Å². The monoisotopic (exact) mass is 361 g/mol. The molecule has 0 bridgehead atoms. The molecule has 0 spiro atoms. The van der Waals surface area contributed by atoms with Crippen LogP contribution in [0, 0.1) is 0 Å². The van der Waals surface area contributed by atoms with Crippen molar-refractivity contribution in [2.45, 2.75) is 43.7 Å². The van der Waals surface area contributed by atoms with Gasteiger partial charge in [0, 0.05) is 19.6 Å². The molecule has 1 saturated carbocycles. The molecule has 6 nitrogen and oxygen atoms in total. The fraction of sp³-hybridized carbons (Fsp3) is 0.533. The van der Waals surface area contributed by atoms with Crippen molar-refractivity contribution in [1.82, 2.24) is 9.62 Å². The van der Waals surface area contributed by atoms with E-state index in [4.69, 9.17) is 5.73 Å². The molecule has 1 amide bonds. The van der Waals surface area contributed by atoms with Gasteiger partial charge in [-0.1, -0.05) is 26.0 Å². The molecular weight excluding hydrogens is 338 g/mol. The number of benzene rings is 1. The summed E-state index contributed by atoms with van der Waals surface area (Å²) in [6, 6.07) is 6.58. The number of rotatable bonds is 7. The minimum Gasteiger partial charge on any atom is -0.350 e. The molecule has 0 saturated heterocycles. The van der Waals surface area contributed by atoms with E-state index in [9.17, 15) is 13.2 Å². The highest BCUT2D eigenvalue weighted by Crippen LogP contribution is 2.32. The van der Waals surface area contributed by atoms with Crippen LogP contribution in [0.3, 0.4) is 0 Å². The van der Waals surface area contributed by atoms with Crippen molar-refractivity contribution >= 4 is 28.3 Å². The van der Waals surface area contributed by atoms with Gasteiger partial charge >= 0.3 is 0 Å². The number of nitrogens with two attached hydrogens (primary N) is 1. The van der Waals surface area contributed by atoms with Crippen molar-refractivity contribution in [2.75, 3.05) is 13.1 Å². The van der Waals surface area contributed by atoms with Crippen LogP contribution in [-0.2, 0) is 21.4 Å². The minimum absolute atomic E-state index is 0. The quantitative estimate of drug-likeness (QED) is 0.764.